The molecule has 0 radical (unpaired) electrons. The molecular weight excluding hydrogens is 528 g/mol. The first-order chi connectivity index (χ1) is 18.1. The Balaban J connectivity index is 0.000000211. The van der Waals surface area contributed by atoms with Crippen molar-refractivity contribution in [2.24, 2.45) is 5.73 Å². The maximum atomic E-state index is 12.4. The summed E-state index contributed by atoms with van der Waals surface area (Å²) >= 11 is 0. The summed E-state index contributed by atoms with van der Waals surface area (Å²) in [5.74, 6) is 0.253. The molecule has 0 atom stereocenters. The molecule has 4 rings (SSSR count). The topological polar surface area (TPSA) is 176 Å². The van der Waals surface area contributed by atoms with Gasteiger partial charge in [0.2, 0.25) is 0 Å². The molecule has 0 unspecified atom stereocenters. The van der Waals surface area contributed by atoms with Crippen LogP contribution in [0.4, 0.5) is 11.6 Å². The van der Waals surface area contributed by atoms with E-state index in [9.17, 15) is 16.8 Å². The molecule has 12 nitrogen and oxygen atoms in total. The van der Waals surface area contributed by atoms with Crippen molar-refractivity contribution < 1.29 is 16.8 Å². The van der Waals surface area contributed by atoms with E-state index in [-0.39, 0.29) is 33.7 Å². The Kier molecular flexibility index (Phi) is 9.02. The zero-order valence-corrected chi connectivity index (χ0v) is 22.1. The van der Waals surface area contributed by atoms with Crippen LogP contribution < -0.4 is 14.3 Å². The van der Waals surface area contributed by atoms with Crippen molar-refractivity contribution in [3.05, 3.63) is 96.8 Å². The summed E-state index contributed by atoms with van der Waals surface area (Å²) in [4.78, 5) is 16.1. The number of rotatable bonds is 7. The van der Waals surface area contributed by atoms with Crippen molar-refractivity contribution in [2.45, 2.75) is 16.3 Å². The average molecular weight is 553 g/mol. The predicted octanol–water partition coefficient (Wildman–Crippen LogP) is 1.93. The first-order valence-electron chi connectivity index (χ1n) is 10.9. The summed E-state index contributed by atoms with van der Waals surface area (Å²) in [5, 5.41) is 8.93. The van der Waals surface area contributed by atoms with Crippen molar-refractivity contribution in [1.29, 1.82) is 5.26 Å². The number of anilines is 2. The number of nitrogens with zero attached hydrogens (tertiary/aromatic N) is 7. The van der Waals surface area contributed by atoms with Gasteiger partial charge in [-0.15, -0.1) is 0 Å². The number of nitriles is 1. The first kappa shape index (κ1) is 28.1. The van der Waals surface area contributed by atoms with Gasteiger partial charge in [-0.3, -0.25) is 13.6 Å². The van der Waals surface area contributed by atoms with Gasteiger partial charge in [0.25, 0.3) is 20.0 Å². The molecule has 196 valence electrons. The Bertz CT molecular complexity index is 1630. The van der Waals surface area contributed by atoms with Crippen LogP contribution in [0.2, 0.25) is 0 Å². The minimum absolute atomic E-state index is 0.00820. The van der Waals surface area contributed by atoms with Crippen LogP contribution in [0.3, 0.4) is 0 Å². The quantitative estimate of drug-likeness (QED) is 0.356. The maximum Gasteiger partial charge on any atom is 0.265 e. The Hall–Kier alpha value is -4.45. The van der Waals surface area contributed by atoms with Crippen LogP contribution in [0.25, 0.3) is 0 Å². The second-order valence-electron chi connectivity index (χ2n) is 7.44. The summed E-state index contributed by atoms with van der Waals surface area (Å²) in [5.41, 5.74) is 5.94. The van der Waals surface area contributed by atoms with E-state index in [0.717, 1.165) is 8.61 Å². The number of aromatic nitrogens is 4. The Morgan fingerprint density at radius 3 is 1.61 bits per heavy atom. The van der Waals surface area contributed by atoms with Crippen molar-refractivity contribution in [3.63, 3.8) is 0 Å². The summed E-state index contributed by atoms with van der Waals surface area (Å²) < 4.78 is 51.6. The standard InChI is InChI=1S/C12H14N4O2S.C12H10N4O2S/c2*1-16(12-11(9-13)14-7-8-15-12)19(17,18)10-5-3-2-4-6-10/h2-8H,9,13H2,1H3;2-8H,1H3. The van der Waals surface area contributed by atoms with Gasteiger partial charge in [0.05, 0.1) is 15.5 Å². The molecular formula is C24H24N8O4S2. The molecule has 0 bridgehead atoms. The van der Waals surface area contributed by atoms with Gasteiger partial charge in [-0.25, -0.2) is 31.8 Å². The lowest BCUT2D eigenvalue weighted by atomic mass is 10.4. The van der Waals surface area contributed by atoms with Gasteiger partial charge in [0.1, 0.15) is 6.07 Å². The third-order valence-electron chi connectivity index (χ3n) is 5.13. The lowest BCUT2D eigenvalue weighted by molar-refractivity contribution is 0.592. The Labute approximate surface area is 221 Å². The molecule has 0 aliphatic carbocycles. The third kappa shape index (κ3) is 6.09. The minimum Gasteiger partial charge on any atom is -0.325 e. The fourth-order valence-corrected chi connectivity index (χ4v) is 5.51. The second kappa shape index (κ2) is 12.2. The van der Waals surface area contributed by atoms with Gasteiger partial charge in [-0.2, -0.15) is 5.26 Å². The minimum atomic E-state index is -3.74. The van der Waals surface area contributed by atoms with Crippen molar-refractivity contribution in [2.75, 3.05) is 22.7 Å². The molecule has 0 amide bonds. The lowest BCUT2D eigenvalue weighted by Crippen LogP contribution is -2.29. The monoisotopic (exact) mass is 552 g/mol. The van der Waals surface area contributed by atoms with E-state index in [1.807, 2.05) is 6.07 Å². The molecule has 38 heavy (non-hydrogen) atoms. The highest BCUT2D eigenvalue weighted by atomic mass is 32.2. The maximum absolute atomic E-state index is 12.4. The largest absolute Gasteiger partial charge is 0.325 e. The fourth-order valence-electron chi connectivity index (χ4n) is 3.14. The average Bonchev–Trinajstić information content (AvgIpc) is 2.97. The van der Waals surface area contributed by atoms with Crippen molar-refractivity contribution >= 4 is 31.7 Å². The zero-order chi connectivity index (χ0) is 27.8. The second-order valence-corrected chi connectivity index (χ2v) is 11.4. The smallest absolute Gasteiger partial charge is 0.265 e. The van der Waals surface area contributed by atoms with Gasteiger partial charge < -0.3 is 5.73 Å². The predicted molar refractivity (Wildman–Crippen MR) is 141 cm³/mol. The summed E-state index contributed by atoms with van der Waals surface area (Å²) in [6.07, 6.45) is 5.60. The van der Waals surface area contributed by atoms with Crippen molar-refractivity contribution in [1.82, 2.24) is 19.9 Å². The first-order valence-corrected chi connectivity index (χ1v) is 13.8. The Morgan fingerprint density at radius 1 is 0.711 bits per heavy atom. The van der Waals surface area contributed by atoms with Gasteiger partial charge in [0, 0.05) is 45.4 Å². The van der Waals surface area contributed by atoms with Gasteiger partial charge in [0.15, 0.2) is 17.3 Å². The third-order valence-corrected chi connectivity index (χ3v) is 8.65. The number of nitrogens with two attached hydrogens (primary N) is 1. The van der Waals surface area contributed by atoms with Crippen LogP contribution in [-0.4, -0.2) is 50.9 Å². The number of benzene rings is 2. The Morgan fingerprint density at radius 2 is 1.13 bits per heavy atom. The molecule has 0 aliphatic rings. The van der Waals surface area contributed by atoms with E-state index in [1.54, 1.807) is 36.4 Å². The molecule has 2 N–H and O–H groups in total. The van der Waals surface area contributed by atoms with Crippen LogP contribution in [0.1, 0.15) is 11.4 Å². The summed E-state index contributed by atoms with van der Waals surface area (Å²) in [6.45, 7) is 0.123. The molecule has 0 spiro atoms. The van der Waals surface area contributed by atoms with Crippen LogP contribution in [0, 0.1) is 11.3 Å². The SMILES string of the molecule is CN(c1nccnc1C#N)S(=O)(=O)c1ccccc1.CN(c1nccnc1CN)S(=O)(=O)c1ccccc1. The lowest BCUT2D eigenvalue weighted by Gasteiger charge is -2.19. The molecule has 2 aromatic heterocycles. The molecule has 0 saturated carbocycles. The van der Waals surface area contributed by atoms with E-state index < -0.39 is 20.0 Å². The van der Waals surface area contributed by atoms with E-state index in [2.05, 4.69) is 19.9 Å². The van der Waals surface area contributed by atoms with Gasteiger partial charge >= 0.3 is 0 Å². The van der Waals surface area contributed by atoms with Crippen LogP contribution in [0.15, 0.2) is 95.2 Å². The molecule has 0 fully saturated rings. The molecule has 14 heteroatoms. The molecule has 0 saturated heterocycles. The number of sulfonamides is 2. The highest BCUT2D eigenvalue weighted by molar-refractivity contribution is 7.93. The van der Waals surface area contributed by atoms with Gasteiger partial charge in [-0.1, -0.05) is 36.4 Å². The fraction of sp³-hybridized carbons (Fsp3) is 0.125. The number of hydrogen-bond donors (Lipinski definition) is 1. The normalized spacial score (nSPS) is 11.0. The summed E-state index contributed by atoms with van der Waals surface area (Å²) in [7, 11) is -4.62. The molecule has 0 aliphatic heterocycles. The van der Waals surface area contributed by atoms with Crippen LogP contribution >= 0.6 is 0 Å². The van der Waals surface area contributed by atoms with E-state index in [4.69, 9.17) is 11.0 Å². The number of hydrogen-bond acceptors (Lipinski definition) is 10. The summed E-state index contributed by atoms with van der Waals surface area (Å²) in [6, 6.07) is 17.9. The zero-order valence-electron chi connectivity index (χ0n) is 20.4. The van der Waals surface area contributed by atoms with E-state index >= 15 is 0 Å². The van der Waals surface area contributed by atoms with Crippen LogP contribution in [0.5, 0.6) is 0 Å². The van der Waals surface area contributed by atoms with Crippen molar-refractivity contribution in [3.8, 4) is 6.07 Å². The highest BCUT2D eigenvalue weighted by Gasteiger charge is 2.25. The van der Waals surface area contributed by atoms with E-state index in [1.165, 1.54) is 63.1 Å². The van der Waals surface area contributed by atoms with E-state index in [0.29, 0.717) is 5.69 Å². The molecule has 4 aromatic rings. The molecule has 2 aromatic carbocycles. The van der Waals surface area contributed by atoms with Gasteiger partial charge in [-0.05, 0) is 24.3 Å². The molecule has 2 heterocycles. The van der Waals surface area contributed by atoms with Crippen LogP contribution in [-0.2, 0) is 26.6 Å². The highest BCUT2D eigenvalue weighted by Crippen LogP contribution is 2.22.